The van der Waals surface area contributed by atoms with E-state index >= 15 is 0 Å². The third-order valence-electron chi connectivity index (χ3n) is 3.74. The minimum Gasteiger partial charge on any atom is -0.480 e. The Labute approximate surface area is 109 Å². The van der Waals surface area contributed by atoms with E-state index in [0.717, 1.165) is 6.42 Å². The number of carbonyl (C=O) groups excluding carboxylic acids is 1. The fourth-order valence-electron chi connectivity index (χ4n) is 1.88. The van der Waals surface area contributed by atoms with E-state index < -0.39 is 18.1 Å². The SMILES string of the molecule is CC[C@H](C)[C@H](N)C(=O)N(C)[C@H](C(=O)O)[C@@H](C)CC. The molecule has 106 valence electrons. The van der Waals surface area contributed by atoms with Crippen molar-refractivity contribution in [3.8, 4) is 0 Å². The molecule has 5 nitrogen and oxygen atoms in total. The van der Waals surface area contributed by atoms with E-state index in [4.69, 9.17) is 5.73 Å². The highest BCUT2D eigenvalue weighted by molar-refractivity contribution is 5.87. The lowest BCUT2D eigenvalue weighted by molar-refractivity contribution is -0.152. The molecule has 0 aliphatic carbocycles. The van der Waals surface area contributed by atoms with Crippen molar-refractivity contribution in [1.29, 1.82) is 0 Å². The van der Waals surface area contributed by atoms with E-state index in [2.05, 4.69) is 0 Å². The van der Waals surface area contributed by atoms with Crippen LogP contribution in [0.3, 0.4) is 0 Å². The second-order valence-corrected chi connectivity index (χ2v) is 5.03. The fraction of sp³-hybridized carbons (Fsp3) is 0.846. The lowest BCUT2D eigenvalue weighted by Crippen LogP contribution is -2.53. The van der Waals surface area contributed by atoms with E-state index in [-0.39, 0.29) is 17.7 Å². The topological polar surface area (TPSA) is 83.6 Å². The highest BCUT2D eigenvalue weighted by atomic mass is 16.4. The molecule has 0 bridgehead atoms. The van der Waals surface area contributed by atoms with Gasteiger partial charge in [-0.05, 0) is 11.8 Å². The van der Waals surface area contributed by atoms with Crippen LogP contribution in [-0.4, -0.2) is 41.0 Å². The van der Waals surface area contributed by atoms with Crippen molar-refractivity contribution in [3.63, 3.8) is 0 Å². The van der Waals surface area contributed by atoms with E-state index in [0.29, 0.717) is 6.42 Å². The summed E-state index contributed by atoms with van der Waals surface area (Å²) in [6, 6.07) is -1.44. The molecule has 18 heavy (non-hydrogen) atoms. The third-order valence-corrected chi connectivity index (χ3v) is 3.74. The van der Waals surface area contributed by atoms with Crippen molar-refractivity contribution in [2.75, 3.05) is 7.05 Å². The first-order chi connectivity index (χ1) is 8.27. The zero-order chi connectivity index (χ0) is 14.5. The summed E-state index contributed by atoms with van der Waals surface area (Å²) in [5.41, 5.74) is 5.87. The zero-order valence-corrected chi connectivity index (χ0v) is 12.0. The Morgan fingerprint density at radius 1 is 1.17 bits per heavy atom. The summed E-state index contributed by atoms with van der Waals surface area (Å²) in [6.45, 7) is 7.60. The van der Waals surface area contributed by atoms with Crippen molar-refractivity contribution < 1.29 is 14.7 Å². The number of hydrogen-bond acceptors (Lipinski definition) is 3. The smallest absolute Gasteiger partial charge is 0.326 e. The lowest BCUT2D eigenvalue weighted by Gasteiger charge is -2.32. The number of carboxylic acids is 1. The molecule has 0 fully saturated rings. The number of hydrogen-bond donors (Lipinski definition) is 2. The normalized spacial score (nSPS) is 17.7. The molecule has 0 aliphatic heterocycles. The third kappa shape index (κ3) is 3.98. The quantitative estimate of drug-likeness (QED) is 0.721. The zero-order valence-electron chi connectivity index (χ0n) is 12.0. The van der Waals surface area contributed by atoms with Gasteiger partial charge in [0.2, 0.25) is 5.91 Å². The Morgan fingerprint density at radius 2 is 1.61 bits per heavy atom. The van der Waals surface area contributed by atoms with Gasteiger partial charge < -0.3 is 15.7 Å². The van der Waals surface area contributed by atoms with E-state index in [1.54, 1.807) is 0 Å². The Bertz CT molecular complexity index is 294. The molecule has 1 amide bonds. The van der Waals surface area contributed by atoms with Crippen LogP contribution in [0.15, 0.2) is 0 Å². The molecule has 4 atom stereocenters. The number of carbonyl (C=O) groups is 2. The van der Waals surface area contributed by atoms with Gasteiger partial charge in [0.05, 0.1) is 6.04 Å². The Hall–Kier alpha value is -1.10. The van der Waals surface area contributed by atoms with Crippen LogP contribution in [-0.2, 0) is 9.59 Å². The highest BCUT2D eigenvalue weighted by Crippen LogP contribution is 2.16. The first-order valence-corrected chi connectivity index (χ1v) is 6.52. The molecule has 0 aliphatic rings. The van der Waals surface area contributed by atoms with Gasteiger partial charge in [-0.2, -0.15) is 0 Å². The molecule has 0 unspecified atom stereocenters. The van der Waals surface area contributed by atoms with Crippen LogP contribution in [0, 0.1) is 11.8 Å². The van der Waals surface area contributed by atoms with Gasteiger partial charge >= 0.3 is 5.97 Å². The van der Waals surface area contributed by atoms with Crippen LogP contribution in [0.2, 0.25) is 0 Å². The molecule has 0 heterocycles. The lowest BCUT2D eigenvalue weighted by atomic mass is 9.94. The first kappa shape index (κ1) is 16.9. The summed E-state index contributed by atoms with van der Waals surface area (Å²) in [5, 5.41) is 9.24. The molecule has 0 spiro atoms. The van der Waals surface area contributed by atoms with Crippen LogP contribution in [0.5, 0.6) is 0 Å². The summed E-state index contributed by atoms with van der Waals surface area (Å²) in [6.07, 6.45) is 1.50. The van der Waals surface area contributed by atoms with E-state index in [1.807, 2.05) is 27.7 Å². The monoisotopic (exact) mass is 258 g/mol. The van der Waals surface area contributed by atoms with Crippen molar-refractivity contribution in [2.24, 2.45) is 17.6 Å². The Kier molecular flexibility index (Phi) is 6.91. The Balaban J connectivity index is 4.92. The molecule has 0 saturated carbocycles. The van der Waals surface area contributed by atoms with Gasteiger partial charge in [0.1, 0.15) is 6.04 Å². The molecular formula is C13H26N2O3. The van der Waals surface area contributed by atoms with Gasteiger partial charge in [0.15, 0.2) is 0 Å². The van der Waals surface area contributed by atoms with Crippen LogP contribution in [0.4, 0.5) is 0 Å². The molecule has 5 heteroatoms. The predicted octanol–water partition coefficient (Wildman–Crippen LogP) is 1.32. The summed E-state index contributed by atoms with van der Waals surface area (Å²) < 4.78 is 0. The molecule has 0 saturated heterocycles. The van der Waals surface area contributed by atoms with Crippen molar-refractivity contribution in [1.82, 2.24) is 4.90 Å². The van der Waals surface area contributed by atoms with Gasteiger partial charge in [0, 0.05) is 7.05 Å². The number of carboxylic acid groups (broad SMARTS) is 1. The average Bonchev–Trinajstić information content (AvgIpc) is 2.35. The number of aliphatic carboxylic acids is 1. The van der Waals surface area contributed by atoms with E-state index in [9.17, 15) is 14.7 Å². The van der Waals surface area contributed by atoms with Gasteiger partial charge in [-0.3, -0.25) is 4.79 Å². The van der Waals surface area contributed by atoms with Gasteiger partial charge in [-0.25, -0.2) is 4.79 Å². The fourth-order valence-corrected chi connectivity index (χ4v) is 1.88. The molecule has 0 aromatic rings. The molecular weight excluding hydrogens is 232 g/mol. The van der Waals surface area contributed by atoms with Crippen molar-refractivity contribution >= 4 is 11.9 Å². The maximum atomic E-state index is 12.1. The highest BCUT2D eigenvalue weighted by Gasteiger charge is 2.34. The second kappa shape index (κ2) is 7.36. The largest absolute Gasteiger partial charge is 0.480 e. The number of amides is 1. The molecule has 0 aromatic carbocycles. The summed E-state index contributed by atoms with van der Waals surface area (Å²) in [7, 11) is 1.52. The molecule has 0 aromatic heterocycles. The summed E-state index contributed by atoms with van der Waals surface area (Å²) in [4.78, 5) is 24.7. The van der Waals surface area contributed by atoms with Crippen LogP contribution >= 0.6 is 0 Å². The maximum Gasteiger partial charge on any atom is 0.326 e. The van der Waals surface area contributed by atoms with E-state index in [1.165, 1.54) is 11.9 Å². The molecule has 0 rings (SSSR count). The van der Waals surface area contributed by atoms with Gasteiger partial charge in [-0.15, -0.1) is 0 Å². The predicted molar refractivity (Wildman–Crippen MR) is 71.1 cm³/mol. The van der Waals surface area contributed by atoms with Crippen LogP contribution in [0.25, 0.3) is 0 Å². The van der Waals surface area contributed by atoms with Crippen molar-refractivity contribution in [3.05, 3.63) is 0 Å². The minimum absolute atomic E-state index is 0.0475. The maximum absolute atomic E-state index is 12.1. The van der Waals surface area contributed by atoms with Crippen LogP contribution in [0.1, 0.15) is 40.5 Å². The minimum atomic E-state index is -0.975. The van der Waals surface area contributed by atoms with Gasteiger partial charge in [0.25, 0.3) is 0 Å². The summed E-state index contributed by atoms with van der Waals surface area (Å²) >= 11 is 0. The average molecular weight is 258 g/mol. The number of nitrogens with zero attached hydrogens (tertiary/aromatic N) is 1. The first-order valence-electron chi connectivity index (χ1n) is 6.52. The molecule has 3 N–H and O–H groups in total. The Morgan fingerprint density at radius 3 is 1.94 bits per heavy atom. The van der Waals surface area contributed by atoms with Gasteiger partial charge in [-0.1, -0.05) is 40.5 Å². The number of nitrogens with two attached hydrogens (primary N) is 1. The second-order valence-electron chi connectivity index (χ2n) is 5.03. The number of rotatable bonds is 7. The van der Waals surface area contributed by atoms with Crippen LogP contribution < -0.4 is 5.73 Å². The van der Waals surface area contributed by atoms with Crippen molar-refractivity contribution in [2.45, 2.75) is 52.6 Å². The summed E-state index contributed by atoms with van der Waals surface area (Å²) in [5.74, 6) is -1.32. The molecule has 0 radical (unpaired) electrons. The standard InChI is InChI=1S/C13H26N2O3/c1-6-8(3)10(14)12(16)15(5)11(13(17)18)9(4)7-2/h8-11H,6-7,14H2,1-5H3,(H,17,18)/t8-,9-,10-,11-/m0/s1. The number of likely N-dealkylation sites (N-methyl/N-ethyl adjacent to an activating group) is 1.